The minimum absolute atomic E-state index is 0. The molecule has 0 aromatic carbocycles. The van der Waals surface area contributed by atoms with Gasteiger partial charge < -0.3 is 18.5 Å². The van der Waals surface area contributed by atoms with Crippen molar-refractivity contribution in [1.82, 2.24) is 0 Å². The first-order valence-corrected chi connectivity index (χ1v) is 4.33. The fourth-order valence-corrected chi connectivity index (χ4v) is 0.899. The van der Waals surface area contributed by atoms with Gasteiger partial charge in [0.1, 0.15) is 12.6 Å². The Morgan fingerprint density at radius 1 is 1.00 bits per heavy atom. The van der Waals surface area contributed by atoms with Crippen molar-refractivity contribution in [2.45, 2.75) is 26.4 Å². The first kappa shape index (κ1) is 15.8. The Hall–Kier alpha value is 1.37. The van der Waals surface area contributed by atoms with Crippen molar-refractivity contribution in [1.29, 1.82) is 0 Å². The van der Waals surface area contributed by atoms with Gasteiger partial charge in [0.05, 0.1) is 0 Å². The summed E-state index contributed by atoms with van der Waals surface area (Å²) in [7, 11) is 3.17. The molecule has 4 nitrogen and oxygen atoms in total. The summed E-state index contributed by atoms with van der Waals surface area (Å²) in [6.45, 7) is 3.63. The number of methoxy groups -OCH3 is 2. The summed E-state index contributed by atoms with van der Waals surface area (Å²) in [5.41, 5.74) is 0. The summed E-state index contributed by atoms with van der Waals surface area (Å²) in [5, 5.41) is 0. The van der Waals surface area contributed by atoms with E-state index in [9.17, 15) is 0 Å². The Bertz CT molecular complexity index is 90.7. The molecule has 0 fully saturated rings. The summed E-state index contributed by atoms with van der Waals surface area (Å²) < 4.78 is 19.9. The molecule has 0 spiro atoms. The zero-order chi connectivity index (χ0) is 8.69. The predicted molar refractivity (Wildman–Crippen MR) is 42.0 cm³/mol. The molecule has 1 radical (unpaired) electrons. The van der Waals surface area contributed by atoms with Crippen LogP contribution in [0.5, 0.6) is 0 Å². The van der Waals surface area contributed by atoms with E-state index in [4.69, 9.17) is 17.1 Å². The molecule has 12 heavy (non-hydrogen) atoms. The van der Waals surface area contributed by atoms with Crippen molar-refractivity contribution >= 4 is 15.9 Å². The second-order valence-corrected chi connectivity index (χ2v) is 2.71. The average Bonchev–Trinajstić information content (AvgIpc) is 2.04. The number of hydrogen-bond donors (Lipinski definition) is 0. The molecule has 0 amide bonds. The van der Waals surface area contributed by atoms with E-state index in [2.05, 4.69) is 0 Å². The fraction of sp³-hybridized carbons (Fsp3) is 1.00. The van der Waals surface area contributed by atoms with Crippen LogP contribution in [0.2, 0.25) is 0 Å². The zero-order valence-corrected chi connectivity index (χ0v) is 11.5. The molecule has 2 atom stereocenters. The van der Waals surface area contributed by atoms with Gasteiger partial charge in [0.2, 0.25) is 0 Å². The zero-order valence-electron chi connectivity index (χ0n) is 9.37. The maximum atomic E-state index is 5.12. The molecular formula is C6H15AlNaO4. The van der Waals surface area contributed by atoms with Gasteiger partial charge in [-0.15, -0.1) is 0 Å². The summed E-state index contributed by atoms with van der Waals surface area (Å²) in [4.78, 5) is 0. The molecular weight excluding hydrogens is 186 g/mol. The van der Waals surface area contributed by atoms with E-state index in [1.165, 1.54) is 0 Å². The maximum Gasteiger partial charge on any atom is 1.00 e. The van der Waals surface area contributed by atoms with Crippen molar-refractivity contribution < 1.29 is 48.0 Å². The third-order valence-electron chi connectivity index (χ3n) is 1.16. The largest absolute Gasteiger partial charge is 1.00 e. The molecule has 6 heteroatoms. The van der Waals surface area contributed by atoms with E-state index in [1.54, 1.807) is 14.2 Å². The van der Waals surface area contributed by atoms with Crippen molar-refractivity contribution in [3.05, 3.63) is 0 Å². The van der Waals surface area contributed by atoms with Crippen LogP contribution in [0.4, 0.5) is 0 Å². The van der Waals surface area contributed by atoms with Crippen LogP contribution in [0.15, 0.2) is 0 Å². The monoisotopic (exact) mass is 201 g/mol. The Kier molecular flexibility index (Phi) is 13.8. The molecule has 2 unspecified atom stereocenters. The molecule has 0 aliphatic heterocycles. The van der Waals surface area contributed by atoms with Gasteiger partial charge in [0.15, 0.2) is 0 Å². The van der Waals surface area contributed by atoms with Gasteiger partial charge in [0, 0.05) is 14.2 Å². The second-order valence-electron chi connectivity index (χ2n) is 1.98. The minimum atomic E-state index is -0.500. The minimum Gasteiger partial charge on any atom is -1.00 e. The summed E-state index contributed by atoms with van der Waals surface area (Å²) in [5.74, 6) is 0. The number of hydrogen-bond acceptors (Lipinski definition) is 4. The van der Waals surface area contributed by atoms with Crippen molar-refractivity contribution in [3.8, 4) is 0 Å². The van der Waals surface area contributed by atoms with Gasteiger partial charge >= 0.3 is 45.4 Å². The summed E-state index contributed by atoms with van der Waals surface area (Å²) in [6.07, 6.45) is -0.400. The molecule has 0 rings (SSSR count). The smallest absolute Gasteiger partial charge is 1.00 e. The van der Waals surface area contributed by atoms with E-state index in [0.717, 1.165) is 0 Å². The molecule has 0 N–H and O–H groups in total. The molecule has 0 saturated heterocycles. The first-order chi connectivity index (χ1) is 5.20. The molecule has 0 aliphatic carbocycles. The molecule has 0 heterocycles. The van der Waals surface area contributed by atoms with Gasteiger partial charge in [-0.3, -0.25) is 0 Å². The molecule has 0 aromatic rings. The third kappa shape index (κ3) is 9.46. The number of rotatable bonds is 6. The average molecular weight is 201 g/mol. The number of ether oxygens (including phenoxy) is 2. The van der Waals surface area contributed by atoms with E-state index < -0.39 is 15.9 Å². The van der Waals surface area contributed by atoms with Crippen LogP contribution >= 0.6 is 0 Å². The van der Waals surface area contributed by atoms with E-state index in [1.807, 2.05) is 13.8 Å². The second kappa shape index (κ2) is 10.5. The Morgan fingerprint density at radius 2 is 1.33 bits per heavy atom. The Labute approximate surface area is 104 Å². The van der Waals surface area contributed by atoms with E-state index in [0.29, 0.717) is 0 Å². The van der Waals surface area contributed by atoms with Gasteiger partial charge in [0.25, 0.3) is 0 Å². The van der Waals surface area contributed by atoms with Crippen LogP contribution in [0.1, 0.15) is 15.3 Å². The van der Waals surface area contributed by atoms with Crippen molar-refractivity contribution in [3.63, 3.8) is 0 Å². The molecule has 67 valence electrons. The SMILES string of the molecule is COC(C)[O][Al][O]C(C)OC.[H-].[Na+]. The van der Waals surface area contributed by atoms with Gasteiger partial charge in [-0.25, -0.2) is 0 Å². The molecule has 0 aromatic heterocycles. The first-order valence-electron chi connectivity index (χ1n) is 3.39. The maximum absolute atomic E-state index is 5.12. The predicted octanol–water partition coefficient (Wildman–Crippen LogP) is -2.34. The van der Waals surface area contributed by atoms with Crippen LogP contribution < -0.4 is 29.6 Å². The van der Waals surface area contributed by atoms with Crippen molar-refractivity contribution in [2.24, 2.45) is 0 Å². The third-order valence-corrected chi connectivity index (χ3v) is 2.15. The topological polar surface area (TPSA) is 36.9 Å². The van der Waals surface area contributed by atoms with Gasteiger partial charge in [-0.2, -0.15) is 0 Å². The van der Waals surface area contributed by atoms with Crippen LogP contribution in [0.3, 0.4) is 0 Å². The van der Waals surface area contributed by atoms with Gasteiger partial charge in [-0.05, 0) is 13.8 Å². The van der Waals surface area contributed by atoms with Crippen LogP contribution in [-0.4, -0.2) is 42.7 Å². The molecule has 0 bridgehead atoms. The standard InChI is InChI=1S/2C3H7O2.Al.Na.H/c2*1-3(4)5-2;;;/h2*3H,1-2H3;;;/q2*-1;+2;+1;-1. The van der Waals surface area contributed by atoms with E-state index in [-0.39, 0.29) is 43.6 Å². The van der Waals surface area contributed by atoms with Crippen LogP contribution in [-0.2, 0) is 17.1 Å². The van der Waals surface area contributed by atoms with Crippen LogP contribution in [0, 0.1) is 0 Å². The normalized spacial score (nSPS) is 14.7. The Morgan fingerprint density at radius 3 is 1.58 bits per heavy atom. The van der Waals surface area contributed by atoms with Crippen LogP contribution in [0.25, 0.3) is 0 Å². The quantitative estimate of drug-likeness (QED) is 0.356. The molecule has 0 saturated carbocycles. The fourth-order valence-electron chi connectivity index (χ4n) is 0.300. The summed E-state index contributed by atoms with van der Waals surface area (Å²) >= 11 is -0.500. The summed E-state index contributed by atoms with van der Waals surface area (Å²) in [6, 6.07) is 0. The van der Waals surface area contributed by atoms with Crippen molar-refractivity contribution in [2.75, 3.05) is 14.2 Å². The van der Waals surface area contributed by atoms with Gasteiger partial charge in [-0.1, -0.05) is 0 Å². The Balaban J connectivity index is -0.000000500. The van der Waals surface area contributed by atoms with E-state index >= 15 is 0 Å². The molecule has 0 aliphatic rings.